The second-order valence-corrected chi connectivity index (χ2v) is 7.26. The number of halogens is 1. The number of thioether (sulfide) groups is 1. The average Bonchev–Trinajstić information content (AvgIpc) is 3.18. The Hall–Kier alpha value is -1.27. The lowest BCUT2D eigenvalue weighted by molar-refractivity contribution is -0.113. The first kappa shape index (κ1) is 15.6. The summed E-state index contributed by atoms with van der Waals surface area (Å²) >= 11 is 4.88. The molecule has 0 bridgehead atoms. The Bertz CT molecular complexity index is 635. The van der Waals surface area contributed by atoms with Crippen molar-refractivity contribution in [2.75, 3.05) is 11.1 Å². The zero-order chi connectivity index (χ0) is 15.4. The highest BCUT2D eigenvalue weighted by Gasteiger charge is 2.19. The third kappa shape index (κ3) is 3.93. The van der Waals surface area contributed by atoms with E-state index in [2.05, 4.69) is 30.8 Å². The first-order chi connectivity index (χ1) is 10.7. The van der Waals surface area contributed by atoms with E-state index in [4.69, 9.17) is 0 Å². The highest BCUT2D eigenvalue weighted by Crippen LogP contribution is 2.32. The van der Waals surface area contributed by atoms with Gasteiger partial charge < -0.3 is 9.88 Å². The zero-order valence-corrected chi connectivity index (χ0v) is 14.6. The molecular formula is C16H18BrN3OS. The summed E-state index contributed by atoms with van der Waals surface area (Å²) in [5, 5.41) is 3.85. The molecule has 0 radical (unpaired) electrons. The van der Waals surface area contributed by atoms with E-state index in [0.717, 1.165) is 15.3 Å². The number of benzene rings is 1. The van der Waals surface area contributed by atoms with Crippen molar-refractivity contribution < 1.29 is 4.79 Å². The molecule has 1 fully saturated rings. The Morgan fingerprint density at radius 1 is 1.32 bits per heavy atom. The van der Waals surface area contributed by atoms with Crippen molar-refractivity contribution in [1.82, 2.24) is 9.55 Å². The van der Waals surface area contributed by atoms with E-state index in [-0.39, 0.29) is 5.91 Å². The molecule has 1 saturated carbocycles. The van der Waals surface area contributed by atoms with Crippen molar-refractivity contribution in [3.63, 3.8) is 0 Å². The highest BCUT2D eigenvalue weighted by atomic mass is 79.9. The van der Waals surface area contributed by atoms with Gasteiger partial charge in [-0.3, -0.25) is 4.79 Å². The minimum absolute atomic E-state index is 0.00621. The van der Waals surface area contributed by atoms with Gasteiger partial charge in [-0.05, 0) is 37.1 Å². The molecule has 4 nitrogen and oxygen atoms in total. The van der Waals surface area contributed by atoms with Crippen LogP contribution in [0.25, 0.3) is 0 Å². The monoisotopic (exact) mass is 379 g/mol. The van der Waals surface area contributed by atoms with E-state index in [1.165, 1.54) is 37.4 Å². The van der Waals surface area contributed by atoms with Crippen LogP contribution in [0.15, 0.2) is 46.3 Å². The molecular weight excluding hydrogens is 362 g/mol. The van der Waals surface area contributed by atoms with E-state index in [9.17, 15) is 4.79 Å². The number of aromatic nitrogens is 2. The smallest absolute Gasteiger partial charge is 0.234 e. The minimum atomic E-state index is -0.00621. The number of hydrogen-bond acceptors (Lipinski definition) is 3. The topological polar surface area (TPSA) is 46.9 Å². The summed E-state index contributed by atoms with van der Waals surface area (Å²) in [6, 6.07) is 8.14. The van der Waals surface area contributed by atoms with E-state index in [0.29, 0.717) is 11.8 Å². The molecule has 1 aromatic heterocycles. The maximum atomic E-state index is 12.0. The predicted molar refractivity (Wildman–Crippen MR) is 93.2 cm³/mol. The first-order valence-electron chi connectivity index (χ1n) is 7.43. The van der Waals surface area contributed by atoms with Crippen LogP contribution in [-0.4, -0.2) is 21.2 Å². The molecule has 0 aliphatic heterocycles. The fourth-order valence-corrected chi connectivity index (χ4v) is 3.82. The van der Waals surface area contributed by atoms with Gasteiger partial charge in [0.05, 0.1) is 5.75 Å². The van der Waals surface area contributed by atoms with Gasteiger partial charge in [0, 0.05) is 28.6 Å². The molecule has 1 aliphatic rings. The number of amides is 1. The first-order valence-corrected chi connectivity index (χ1v) is 9.21. The fraction of sp³-hybridized carbons (Fsp3) is 0.375. The molecule has 3 rings (SSSR count). The molecule has 1 N–H and O–H groups in total. The van der Waals surface area contributed by atoms with Gasteiger partial charge in [-0.15, -0.1) is 0 Å². The van der Waals surface area contributed by atoms with Crippen molar-refractivity contribution >= 4 is 39.3 Å². The third-order valence-electron chi connectivity index (χ3n) is 3.81. The van der Waals surface area contributed by atoms with Crippen LogP contribution >= 0.6 is 27.7 Å². The lowest BCUT2D eigenvalue weighted by atomic mass is 10.2. The van der Waals surface area contributed by atoms with Gasteiger partial charge in [-0.1, -0.05) is 40.5 Å². The Balaban J connectivity index is 1.55. The average molecular weight is 380 g/mol. The number of anilines is 1. The zero-order valence-electron chi connectivity index (χ0n) is 12.2. The summed E-state index contributed by atoms with van der Waals surface area (Å²) in [6.45, 7) is 0. The Morgan fingerprint density at radius 2 is 2.05 bits per heavy atom. The summed E-state index contributed by atoms with van der Waals surface area (Å²) in [6.07, 6.45) is 8.87. The molecule has 1 amide bonds. The molecule has 0 unspecified atom stereocenters. The third-order valence-corrected chi connectivity index (χ3v) is 5.32. The van der Waals surface area contributed by atoms with Crippen molar-refractivity contribution in [3.05, 3.63) is 41.1 Å². The quantitative estimate of drug-likeness (QED) is 0.778. The normalized spacial score (nSPS) is 15.1. The van der Waals surface area contributed by atoms with Gasteiger partial charge in [0.1, 0.15) is 0 Å². The van der Waals surface area contributed by atoms with E-state index in [1.54, 1.807) is 0 Å². The van der Waals surface area contributed by atoms with Crippen LogP contribution in [-0.2, 0) is 4.79 Å². The van der Waals surface area contributed by atoms with Crippen LogP contribution in [0.3, 0.4) is 0 Å². The standard InChI is InChI=1S/C16H18BrN3OS/c17-12-5-7-13(8-6-12)19-15(21)11-22-16-18-9-10-20(16)14-3-1-2-4-14/h5-10,14H,1-4,11H2,(H,19,21). The largest absolute Gasteiger partial charge is 0.325 e. The second kappa shape index (κ2) is 7.33. The summed E-state index contributed by atoms with van der Waals surface area (Å²) in [5.41, 5.74) is 0.813. The molecule has 22 heavy (non-hydrogen) atoms. The minimum Gasteiger partial charge on any atom is -0.325 e. The lowest BCUT2D eigenvalue weighted by Gasteiger charge is -2.14. The van der Waals surface area contributed by atoms with Crippen molar-refractivity contribution in [2.24, 2.45) is 0 Å². The van der Waals surface area contributed by atoms with Crippen LogP contribution in [0, 0.1) is 0 Å². The highest BCUT2D eigenvalue weighted by molar-refractivity contribution is 9.10. The van der Waals surface area contributed by atoms with Gasteiger partial charge in [0.15, 0.2) is 5.16 Å². The van der Waals surface area contributed by atoms with Crippen LogP contribution in [0.1, 0.15) is 31.7 Å². The number of carbonyl (C=O) groups is 1. The van der Waals surface area contributed by atoms with Crippen molar-refractivity contribution in [2.45, 2.75) is 36.9 Å². The molecule has 0 spiro atoms. The maximum absolute atomic E-state index is 12.0. The Kier molecular flexibility index (Phi) is 5.20. The Labute approximate surface area is 142 Å². The van der Waals surface area contributed by atoms with Gasteiger partial charge in [-0.25, -0.2) is 4.98 Å². The van der Waals surface area contributed by atoms with Crippen molar-refractivity contribution in [1.29, 1.82) is 0 Å². The summed E-state index contributed by atoms with van der Waals surface area (Å²) in [4.78, 5) is 16.4. The van der Waals surface area contributed by atoms with Gasteiger partial charge in [-0.2, -0.15) is 0 Å². The second-order valence-electron chi connectivity index (χ2n) is 5.40. The van der Waals surface area contributed by atoms with Gasteiger partial charge >= 0.3 is 0 Å². The maximum Gasteiger partial charge on any atom is 0.234 e. The predicted octanol–water partition coefficient (Wildman–Crippen LogP) is 4.49. The summed E-state index contributed by atoms with van der Waals surface area (Å²) < 4.78 is 3.23. The number of hydrogen-bond donors (Lipinski definition) is 1. The fourth-order valence-electron chi connectivity index (χ4n) is 2.73. The number of imidazole rings is 1. The van der Waals surface area contributed by atoms with Crippen LogP contribution in [0.4, 0.5) is 5.69 Å². The van der Waals surface area contributed by atoms with E-state index < -0.39 is 0 Å². The SMILES string of the molecule is O=C(CSc1nccn1C1CCCC1)Nc1ccc(Br)cc1. The van der Waals surface area contributed by atoms with E-state index >= 15 is 0 Å². The lowest BCUT2D eigenvalue weighted by Crippen LogP contribution is -2.15. The molecule has 6 heteroatoms. The van der Waals surface area contributed by atoms with Crippen LogP contribution < -0.4 is 5.32 Å². The van der Waals surface area contributed by atoms with Crippen LogP contribution in [0.5, 0.6) is 0 Å². The number of rotatable bonds is 5. The molecule has 1 aliphatic carbocycles. The van der Waals surface area contributed by atoms with Crippen molar-refractivity contribution in [3.8, 4) is 0 Å². The number of nitrogens with zero attached hydrogens (tertiary/aromatic N) is 2. The Morgan fingerprint density at radius 3 is 2.77 bits per heavy atom. The summed E-state index contributed by atoms with van der Waals surface area (Å²) in [5.74, 6) is 0.369. The molecule has 1 aromatic carbocycles. The summed E-state index contributed by atoms with van der Waals surface area (Å²) in [7, 11) is 0. The number of nitrogens with one attached hydrogen (secondary N) is 1. The van der Waals surface area contributed by atoms with Gasteiger partial charge in [0.2, 0.25) is 5.91 Å². The van der Waals surface area contributed by atoms with E-state index in [1.807, 2.05) is 36.7 Å². The molecule has 0 saturated heterocycles. The molecule has 1 heterocycles. The number of carbonyl (C=O) groups excluding carboxylic acids is 1. The van der Waals surface area contributed by atoms with Gasteiger partial charge in [0.25, 0.3) is 0 Å². The molecule has 2 aromatic rings. The van der Waals surface area contributed by atoms with Crippen LogP contribution in [0.2, 0.25) is 0 Å². The molecule has 0 atom stereocenters. The molecule has 116 valence electrons.